The van der Waals surface area contributed by atoms with Gasteiger partial charge in [-0.1, -0.05) is 69.5 Å². The monoisotopic (exact) mass is 420 g/mol. The van der Waals surface area contributed by atoms with Crippen molar-refractivity contribution < 1.29 is 4.39 Å². The van der Waals surface area contributed by atoms with Crippen LogP contribution in [-0.2, 0) is 0 Å². The van der Waals surface area contributed by atoms with Gasteiger partial charge in [-0.05, 0) is 110 Å². The van der Waals surface area contributed by atoms with Gasteiger partial charge >= 0.3 is 0 Å². The highest BCUT2D eigenvalue weighted by Gasteiger charge is 2.27. The largest absolute Gasteiger partial charge is 0.207 e. The lowest BCUT2D eigenvalue weighted by Crippen LogP contribution is -2.18. The van der Waals surface area contributed by atoms with Crippen molar-refractivity contribution in [2.45, 2.75) is 102 Å². The third kappa shape index (κ3) is 5.79. The van der Waals surface area contributed by atoms with Gasteiger partial charge in [-0.15, -0.1) is 0 Å². The molecule has 2 aliphatic rings. The van der Waals surface area contributed by atoms with Crippen molar-refractivity contribution in [3.05, 3.63) is 71.0 Å². The van der Waals surface area contributed by atoms with Crippen LogP contribution in [0, 0.1) is 17.7 Å². The number of unbranched alkanes of at least 4 members (excludes halogenated alkanes) is 1. The lowest BCUT2D eigenvalue weighted by Gasteiger charge is -2.33. The van der Waals surface area contributed by atoms with Crippen molar-refractivity contribution in [2.75, 3.05) is 0 Å². The first-order valence-electron chi connectivity index (χ1n) is 13.0. The van der Waals surface area contributed by atoms with Crippen LogP contribution in [0.1, 0.15) is 119 Å². The second-order valence-electron chi connectivity index (χ2n) is 10.5. The molecule has 4 rings (SSSR count). The predicted molar refractivity (Wildman–Crippen MR) is 130 cm³/mol. The van der Waals surface area contributed by atoms with Gasteiger partial charge in [0.05, 0.1) is 0 Å². The quantitative estimate of drug-likeness (QED) is 0.418. The van der Waals surface area contributed by atoms with Gasteiger partial charge in [0.25, 0.3) is 0 Å². The molecule has 0 saturated heterocycles. The number of benzene rings is 2. The zero-order chi connectivity index (χ0) is 21.6. The van der Waals surface area contributed by atoms with Gasteiger partial charge < -0.3 is 0 Å². The SMILES string of the molecule is CCCC[C@H]1CC[C@H](c2ccc(C(C)[C@H]3CC[C@H](c4ccc(F)cc4)CC3)cc2)CC1. The Bertz CT molecular complexity index is 774. The Morgan fingerprint density at radius 1 is 0.742 bits per heavy atom. The Morgan fingerprint density at radius 2 is 1.26 bits per heavy atom. The summed E-state index contributed by atoms with van der Waals surface area (Å²) < 4.78 is 13.2. The fraction of sp³-hybridized carbons (Fsp3) is 0.600. The summed E-state index contributed by atoms with van der Waals surface area (Å²) in [5.74, 6) is 3.66. The number of rotatable bonds is 7. The molecule has 2 fully saturated rings. The van der Waals surface area contributed by atoms with E-state index < -0.39 is 0 Å². The maximum atomic E-state index is 13.2. The topological polar surface area (TPSA) is 0 Å². The summed E-state index contributed by atoms with van der Waals surface area (Å²) in [6.45, 7) is 4.74. The van der Waals surface area contributed by atoms with E-state index in [2.05, 4.69) is 38.1 Å². The van der Waals surface area contributed by atoms with Crippen LogP contribution in [0.15, 0.2) is 48.5 Å². The first kappa shape index (κ1) is 22.6. The van der Waals surface area contributed by atoms with E-state index in [4.69, 9.17) is 0 Å². The molecular weight excluding hydrogens is 379 g/mol. The third-order valence-corrected chi connectivity index (χ3v) is 8.57. The molecule has 0 heterocycles. The van der Waals surface area contributed by atoms with Crippen LogP contribution in [-0.4, -0.2) is 0 Å². The summed E-state index contributed by atoms with van der Waals surface area (Å²) in [4.78, 5) is 0. The molecule has 1 unspecified atom stereocenters. The molecule has 0 nitrogen and oxygen atoms in total. The Kier molecular flexibility index (Phi) is 7.86. The van der Waals surface area contributed by atoms with E-state index in [9.17, 15) is 4.39 Å². The first-order valence-corrected chi connectivity index (χ1v) is 13.0. The summed E-state index contributed by atoms with van der Waals surface area (Å²) >= 11 is 0. The van der Waals surface area contributed by atoms with E-state index in [1.165, 1.54) is 81.8 Å². The van der Waals surface area contributed by atoms with Crippen LogP contribution < -0.4 is 0 Å². The van der Waals surface area contributed by atoms with Crippen LogP contribution in [0.4, 0.5) is 4.39 Å². The molecule has 2 aliphatic carbocycles. The molecule has 1 heteroatoms. The molecule has 2 aromatic carbocycles. The molecule has 0 aliphatic heterocycles. The minimum Gasteiger partial charge on any atom is -0.207 e. The van der Waals surface area contributed by atoms with Gasteiger partial charge in [0.1, 0.15) is 5.82 Å². The molecule has 0 N–H and O–H groups in total. The minimum absolute atomic E-state index is 0.126. The lowest BCUT2D eigenvalue weighted by molar-refractivity contribution is 0.290. The van der Waals surface area contributed by atoms with Crippen molar-refractivity contribution in [1.82, 2.24) is 0 Å². The van der Waals surface area contributed by atoms with E-state index in [-0.39, 0.29) is 5.82 Å². The van der Waals surface area contributed by atoms with E-state index in [1.54, 1.807) is 17.7 Å². The van der Waals surface area contributed by atoms with Crippen LogP contribution in [0.3, 0.4) is 0 Å². The Balaban J connectivity index is 1.28. The van der Waals surface area contributed by atoms with Gasteiger partial charge in [0.15, 0.2) is 0 Å². The fourth-order valence-electron chi connectivity index (χ4n) is 6.31. The molecule has 0 radical (unpaired) electrons. The average molecular weight is 421 g/mol. The molecule has 0 spiro atoms. The summed E-state index contributed by atoms with van der Waals surface area (Å²) in [6, 6.07) is 16.9. The molecule has 0 aromatic heterocycles. The smallest absolute Gasteiger partial charge is 0.123 e. The van der Waals surface area contributed by atoms with Crippen molar-refractivity contribution in [2.24, 2.45) is 11.8 Å². The highest BCUT2D eigenvalue weighted by Crippen LogP contribution is 2.42. The van der Waals surface area contributed by atoms with Crippen molar-refractivity contribution in [3.63, 3.8) is 0 Å². The summed E-state index contributed by atoms with van der Waals surface area (Å²) in [7, 11) is 0. The maximum Gasteiger partial charge on any atom is 0.123 e. The Labute approximate surface area is 189 Å². The van der Waals surface area contributed by atoms with Gasteiger partial charge in [0.2, 0.25) is 0 Å². The van der Waals surface area contributed by atoms with Crippen molar-refractivity contribution >= 4 is 0 Å². The predicted octanol–water partition coefficient (Wildman–Crippen LogP) is 9.37. The van der Waals surface area contributed by atoms with Gasteiger partial charge in [-0.3, -0.25) is 0 Å². The molecule has 0 bridgehead atoms. The summed E-state index contributed by atoms with van der Waals surface area (Å²) in [5.41, 5.74) is 4.41. The summed E-state index contributed by atoms with van der Waals surface area (Å²) in [5, 5.41) is 0. The molecule has 1 atom stereocenters. The highest BCUT2D eigenvalue weighted by atomic mass is 19.1. The molecule has 31 heavy (non-hydrogen) atoms. The maximum absolute atomic E-state index is 13.2. The van der Waals surface area contributed by atoms with Crippen LogP contribution in [0.25, 0.3) is 0 Å². The van der Waals surface area contributed by atoms with Crippen LogP contribution in [0.5, 0.6) is 0 Å². The van der Waals surface area contributed by atoms with E-state index in [0.717, 1.165) is 17.8 Å². The normalized spacial score (nSPS) is 27.7. The Morgan fingerprint density at radius 3 is 1.81 bits per heavy atom. The molecule has 2 aromatic rings. The third-order valence-electron chi connectivity index (χ3n) is 8.57. The zero-order valence-corrected chi connectivity index (χ0v) is 19.7. The standard InChI is InChI=1S/C30H41F/c1-3-4-5-23-6-8-26(9-7-23)27-14-10-24(11-15-27)22(2)25-12-16-28(17-13-25)29-18-20-30(31)21-19-29/h10-11,14-15,18-23,25-26,28H,3-9,12-13,16-17H2,1-2H3/t22?,23-,25-,26-,28-. The van der Waals surface area contributed by atoms with Gasteiger partial charge in [-0.2, -0.15) is 0 Å². The van der Waals surface area contributed by atoms with Crippen LogP contribution in [0.2, 0.25) is 0 Å². The van der Waals surface area contributed by atoms with E-state index in [0.29, 0.717) is 11.8 Å². The van der Waals surface area contributed by atoms with E-state index in [1.807, 2.05) is 12.1 Å². The first-order chi connectivity index (χ1) is 15.1. The van der Waals surface area contributed by atoms with Crippen molar-refractivity contribution in [3.8, 4) is 0 Å². The van der Waals surface area contributed by atoms with Gasteiger partial charge in [-0.25, -0.2) is 4.39 Å². The zero-order valence-electron chi connectivity index (χ0n) is 19.7. The lowest BCUT2D eigenvalue weighted by atomic mass is 9.72. The van der Waals surface area contributed by atoms with Crippen LogP contribution >= 0.6 is 0 Å². The second-order valence-corrected chi connectivity index (χ2v) is 10.5. The van der Waals surface area contributed by atoms with E-state index >= 15 is 0 Å². The average Bonchev–Trinajstić information content (AvgIpc) is 2.83. The van der Waals surface area contributed by atoms with Gasteiger partial charge in [0, 0.05) is 0 Å². The van der Waals surface area contributed by atoms with Crippen molar-refractivity contribution in [1.29, 1.82) is 0 Å². The molecule has 168 valence electrons. The minimum atomic E-state index is -0.126. The number of hydrogen-bond acceptors (Lipinski definition) is 0. The second kappa shape index (κ2) is 10.8. The molecular formula is C30H41F. The summed E-state index contributed by atoms with van der Waals surface area (Å²) in [6.07, 6.45) is 14.9. The molecule has 0 amide bonds. The number of hydrogen-bond donors (Lipinski definition) is 0. The fourth-order valence-corrected chi connectivity index (χ4v) is 6.31. The highest BCUT2D eigenvalue weighted by molar-refractivity contribution is 5.28. The Hall–Kier alpha value is -1.63. The number of halogens is 1. The molecule has 2 saturated carbocycles.